The number of halogens is 2. The highest BCUT2D eigenvalue weighted by atomic mass is 35.5. The van der Waals surface area contributed by atoms with Crippen molar-refractivity contribution in [2.24, 2.45) is 0 Å². The molecule has 0 saturated carbocycles. The van der Waals surface area contributed by atoms with Gasteiger partial charge in [0.2, 0.25) is 0 Å². The van der Waals surface area contributed by atoms with Crippen molar-refractivity contribution in [3.05, 3.63) is 33.8 Å². The summed E-state index contributed by atoms with van der Waals surface area (Å²) in [6.07, 6.45) is 1.98. The predicted octanol–water partition coefficient (Wildman–Crippen LogP) is 3.49. The molecule has 0 N–H and O–H groups in total. The summed E-state index contributed by atoms with van der Waals surface area (Å²) in [6, 6.07) is 5.49. The number of carbonyl (C=O) groups is 1. The van der Waals surface area contributed by atoms with Crippen LogP contribution in [0.4, 0.5) is 0 Å². The Morgan fingerprint density at radius 3 is 2.67 bits per heavy atom. The van der Waals surface area contributed by atoms with E-state index in [-0.39, 0.29) is 5.97 Å². The van der Waals surface area contributed by atoms with E-state index in [9.17, 15) is 4.79 Å². The van der Waals surface area contributed by atoms with Gasteiger partial charge >= 0.3 is 5.97 Å². The number of methoxy groups -OCH3 is 1. The Morgan fingerprint density at radius 1 is 1.33 bits per heavy atom. The van der Waals surface area contributed by atoms with Crippen molar-refractivity contribution in [2.75, 3.05) is 7.11 Å². The molecule has 0 atom stereocenters. The Bertz CT molecular complexity index is 350. The minimum Gasteiger partial charge on any atom is -0.469 e. The maximum absolute atomic E-state index is 10.9. The average molecular weight is 247 g/mol. The van der Waals surface area contributed by atoms with Crippen molar-refractivity contribution in [2.45, 2.75) is 19.3 Å². The lowest BCUT2D eigenvalue weighted by Gasteiger charge is -2.02. The summed E-state index contributed by atoms with van der Waals surface area (Å²) in [4.78, 5) is 10.9. The average Bonchev–Trinajstić information content (AvgIpc) is 2.23. The second-order valence-electron chi connectivity index (χ2n) is 3.18. The molecule has 1 rings (SSSR count). The number of benzene rings is 1. The van der Waals surface area contributed by atoms with Crippen LogP contribution in [0, 0.1) is 0 Å². The van der Waals surface area contributed by atoms with Gasteiger partial charge in [-0.25, -0.2) is 0 Å². The molecule has 0 fully saturated rings. The van der Waals surface area contributed by atoms with Crippen molar-refractivity contribution < 1.29 is 9.53 Å². The second kappa shape index (κ2) is 5.99. The smallest absolute Gasteiger partial charge is 0.305 e. The van der Waals surface area contributed by atoms with E-state index in [2.05, 4.69) is 4.74 Å². The fourth-order valence-electron chi connectivity index (χ4n) is 1.23. The van der Waals surface area contributed by atoms with Crippen molar-refractivity contribution in [3.63, 3.8) is 0 Å². The molecule has 0 bridgehead atoms. The topological polar surface area (TPSA) is 26.3 Å². The Kier molecular flexibility index (Phi) is 4.92. The van der Waals surface area contributed by atoms with Gasteiger partial charge in [-0.15, -0.1) is 0 Å². The van der Waals surface area contributed by atoms with Gasteiger partial charge in [-0.05, 0) is 30.5 Å². The molecular weight excluding hydrogens is 235 g/mol. The van der Waals surface area contributed by atoms with Crippen LogP contribution in [-0.2, 0) is 16.0 Å². The molecule has 0 aliphatic heterocycles. The molecule has 0 spiro atoms. The summed E-state index contributed by atoms with van der Waals surface area (Å²) >= 11 is 11.6. The second-order valence-corrected chi connectivity index (χ2v) is 3.99. The van der Waals surface area contributed by atoms with Gasteiger partial charge < -0.3 is 4.74 Å². The van der Waals surface area contributed by atoms with Gasteiger partial charge in [-0.3, -0.25) is 4.79 Å². The summed E-state index contributed by atoms with van der Waals surface area (Å²) < 4.78 is 4.54. The molecule has 0 aromatic heterocycles. The van der Waals surface area contributed by atoms with E-state index in [0.29, 0.717) is 16.5 Å². The van der Waals surface area contributed by atoms with Crippen molar-refractivity contribution >= 4 is 29.2 Å². The number of ether oxygens (including phenoxy) is 1. The molecule has 0 radical (unpaired) electrons. The van der Waals surface area contributed by atoms with Gasteiger partial charge in [0.05, 0.1) is 17.2 Å². The molecule has 0 heterocycles. The van der Waals surface area contributed by atoms with Gasteiger partial charge in [0.15, 0.2) is 0 Å². The first-order valence-electron chi connectivity index (χ1n) is 4.64. The van der Waals surface area contributed by atoms with E-state index >= 15 is 0 Å². The molecule has 2 nitrogen and oxygen atoms in total. The quantitative estimate of drug-likeness (QED) is 0.761. The third-order valence-electron chi connectivity index (χ3n) is 2.06. The number of esters is 1. The largest absolute Gasteiger partial charge is 0.469 e. The van der Waals surface area contributed by atoms with E-state index in [4.69, 9.17) is 23.2 Å². The number of hydrogen-bond acceptors (Lipinski definition) is 2. The number of hydrogen-bond donors (Lipinski definition) is 0. The summed E-state index contributed by atoms with van der Waals surface area (Å²) in [6.45, 7) is 0. The van der Waals surface area contributed by atoms with Gasteiger partial charge in [0.1, 0.15) is 0 Å². The fourth-order valence-corrected chi connectivity index (χ4v) is 1.55. The predicted molar refractivity (Wildman–Crippen MR) is 61.4 cm³/mol. The molecule has 0 saturated heterocycles. The number of carbonyl (C=O) groups excluding carboxylic acids is 1. The van der Waals surface area contributed by atoms with E-state index in [1.807, 2.05) is 12.1 Å². The molecule has 4 heteroatoms. The first-order chi connectivity index (χ1) is 7.13. The molecule has 1 aromatic carbocycles. The lowest BCUT2D eigenvalue weighted by molar-refractivity contribution is -0.140. The van der Waals surface area contributed by atoms with Gasteiger partial charge in [0.25, 0.3) is 0 Å². The molecule has 0 amide bonds. The normalized spacial score (nSPS) is 10.1. The van der Waals surface area contributed by atoms with Gasteiger partial charge in [0, 0.05) is 6.42 Å². The molecule has 0 unspecified atom stereocenters. The zero-order chi connectivity index (χ0) is 11.3. The maximum atomic E-state index is 10.9. The first kappa shape index (κ1) is 12.3. The van der Waals surface area contributed by atoms with Crippen LogP contribution in [0.2, 0.25) is 10.0 Å². The molecule has 0 aliphatic carbocycles. The zero-order valence-electron chi connectivity index (χ0n) is 8.43. The minimum atomic E-state index is -0.185. The molecule has 0 aliphatic rings. The summed E-state index contributed by atoms with van der Waals surface area (Å²) in [7, 11) is 1.39. The van der Waals surface area contributed by atoms with E-state index < -0.39 is 0 Å². The van der Waals surface area contributed by atoms with Crippen molar-refractivity contribution in [1.82, 2.24) is 0 Å². The number of rotatable bonds is 4. The SMILES string of the molecule is COC(=O)CCCc1ccc(Cl)c(Cl)c1. The van der Waals surface area contributed by atoms with Crippen LogP contribution in [-0.4, -0.2) is 13.1 Å². The molecular formula is C11H12Cl2O2. The van der Waals surface area contributed by atoms with Crippen molar-refractivity contribution in [1.29, 1.82) is 0 Å². The summed E-state index contributed by atoms with van der Waals surface area (Å²) in [5, 5.41) is 1.10. The van der Waals surface area contributed by atoms with E-state index in [1.54, 1.807) is 6.07 Å². The van der Waals surface area contributed by atoms with Crippen LogP contribution in [0.1, 0.15) is 18.4 Å². The standard InChI is InChI=1S/C11H12Cl2O2/c1-15-11(14)4-2-3-8-5-6-9(12)10(13)7-8/h5-7H,2-4H2,1H3. The van der Waals surface area contributed by atoms with Gasteiger partial charge in [-0.1, -0.05) is 29.3 Å². The zero-order valence-corrected chi connectivity index (χ0v) is 9.94. The highest BCUT2D eigenvalue weighted by molar-refractivity contribution is 6.42. The van der Waals surface area contributed by atoms with Crippen LogP contribution in [0.25, 0.3) is 0 Å². The van der Waals surface area contributed by atoms with Crippen LogP contribution < -0.4 is 0 Å². The van der Waals surface area contributed by atoms with E-state index in [1.165, 1.54) is 7.11 Å². The van der Waals surface area contributed by atoms with Crippen LogP contribution in [0.15, 0.2) is 18.2 Å². The molecule has 82 valence electrons. The highest BCUT2D eigenvalue weighted by Crippen LogP contribution is 2.23. The third kappa shape index (κ3) is 4.10. The maximum Gasteiger partial charge on any atom is 0.305 e. The number of aryl methyl sites for hydroxylation is 1. The minimum absolute atomic E-state index is 0.185. The third-order valence-corrected chi connectivity index (χ3v) is 2.80. The van der Waals surface area contributed by atoms with Crippen LogP contribution in [0.3, 0.4) is 0 Å². The Balaban J connectivity index is 2.44. The lowest BCUT2D eigenvalue weighted by Crippen LogP contribution is -2.00. The first-order valence-corrected chi connectivity index (χ1v) is 5.40. The van der Waals surface area contributed by atoms with Crippen molar-refractivity contribution in [3.8, 4) is 0 Å². The van der Waals surface area contributed by atoms with E-state index in [0.717, 1.165) is 18.4 Å². The summed E-state index contributed by atoms with van der Waals surface area (Å²) in [5.74, 6) is -0.185. The molecule has 1 aromatic rings. The Morgan fingerprint density at radius 2 is 2.07 bits per heavy atom. The van der Waals surface area contributed by atoms with Crippen LogP contribution >= 0.6 is 23.2 Å². The molecule has 15 heavy (non-hydrogen) atoms. The highest BCUT2D eigenvalue weighted by Gasteiger charge is 2.02. The summed E-state index contributed by atoms with van der Waals surface area (Å²) in [5.41, 5.74) is 1.08. The monoisotopic (exact) mass is 246 g/mol. The Hall–Kier alpha value is -0.730. The van der Waals surface area contributed by atoms with Crippen LogP contribution in [0.5, 0.6) is 0 Å². The van der Waals surface area contributed by atoms with Gasteiger partial charge in [-0.2, -0.15) is 0 Å². The fraction of sp³-hybridized carbons (Fsp3) is 0.364. The lowest BCUT2D eigenvalue weighted by atomic mass is 10.1. The Labute approximate surface area is 99.1 Å².